The highest BCUT2D eigenvalue weighted by Crippen LogP contribution is 2.31. The Morgan fingerprint density at radius 1 is 1.32 bits per heavy atom. The van der Waals surface area contributed by atoms with Gasteiger partial charge in [0.25, 0.3) is 5.56 Å². The van der Waals surface area contributed by atoms with Crippen LogP contribution in [0.5, 0.6) is 0 Å². The summed E-state index contributed by atoms with van der Waals surface area (Å²) in [5.74, 6) is 0.969. The summed E-state index contributed by atoms with van der Waals surface area (Å²) < 4.78 is 5.47. The van der Waals surface area contributed by atoms with Crippen molar-refractivity contribution in [2.24, 2.45) is 5.92 Å². The molecule has 7 heteroatoms. The van der Waals surface area contributed by atoms with Crippen molar-refractivity contribution < 1.29 is 9.53 Å². The monoisotopic (exact) mass is 382 g/mol. The first-order valence-corrected chi connectivity index (χ1v) is 9.97. The number of hydrogen-bond acceptors (Lipinski definition) is 5. The van der Waals surface area contributed by atoms with Crippen LogP contribution in [-0.4, -0.2) is 52.1 Å². The van der Waals surface area contributed by atoms with Gasteiger partial charge in [0.2, 0.25) is 5.91 Å². The van der Waals surface area contributed by atoms with Crippen LogP contribution in [0.25, 0.3) is 11.3 Å². The lowest BCUT2D eigenvalue weighted by Gasteiger charge is -2.30. The van der Waals surface area contributed by atoms with Crippen LogP contribution in [0, 0.1) is 5.92 Å². The maximum absolute atomic E-state index is 13.0. The van der Waals surface area contributed by atoms with E-state index in [2.05, 4.69) is 15.0 Å². The van der Waals surface area contributed by atoms with Crippen molar-refractivity contribution >= 4 is 5.91 Å². The standard InChI is InChI=1S/C21H26N4O3/c1-28-17-6-2-4-14(10-17)21(27)25-9-7-16(13-25)20-23-18(11-19(26)24-20)15-5-3-8-22-12-15/h3,5,8,11-12,14,16-17H,2,4,6-7,9-10,13H2,1H3,(H,23,24,26)/t14-,16-,17+/m0/s1. The molecule has 1 saturated heterocycles. The molecule has 1 amide bonds. The Hall–Kier alpha value is -2.54. The van der Waals surface area contributed by atoms with E-state index in [0.29, 0.717) is 24.6 Å². The van der Waals surface area contributed by atoms with Gasteiger partial charge in [-0.2, -0.15) is 0 Å². The predicted molar refractivity (Wildman–Crippen MR) is 105 cm³/mol. The van der Waals surface area contributed by atoms with Gasteiger partial charge in [-0.15, -0.1) is 0 Å². The molecule has 7 nitrogen and oxygen atoms in total. The Bertz CT molecular complexity index is 883. The minimum Gasteiger partial charge on any atom is -0.381 e. The summed E-state index contributed by atoms with van der Waals surface area (Å²) in [5.41, 5.74) is 1.25. The predicted octanol–water partition coefficient (Wildman–Crippen LogP) is 2.35. The van der Waals surface area contributed by atoms with E-state index >= 15 is 0 Å². The van der Waals surface area contributed by atoms with Gasteiger partial charge in [-0.05, 0) is 37.8 Å². The van der Waals surface area contributed by atoms with Gasteiger partial charge < -0.3 is 14.6 Å². The van der Waals surface area contributed by atoms with Gasteiger partial charge in [0, 0.05) is 56.1 Å². The number of aromatic amines is 1. The van der Waals surface area contributed by atoms with E-state index in [9.17, 15) is 9.59 Å². The number of H-pyrrole nitrogens is 1. The molecule has 3 atom stereocenters. The van der Waals surface area contributed by atoms with Crippen molar-refractivity contribution in [3.05, 3.63) is 46.8 Å². The number of nitrogens with zero attached hydrogens (tertiary/aromatic N) is 3. The Morgan fingerprint density at radius 2 is 2.21 bits per heavy atom. The van der Waals surface area contributed by atoms with Crippen LogP contribution in [0.3, 0.4) is 0 Å². The molecule has 0 bridgehead atoms. The van der Waals surface area contributed by atoms with Gasteiger partial charge in [-0.25, -0.2) is 4.98 Å². The first kappa shape index (κ1) is 18.8. The Morgan fingerprint density at radius 3 is 3.00 bits per heavy atom. The lowest BCUT2D eigenvalue weighted by molar-refractivity contribution is -0.137. The molecule has 28 heavy (non-hydrogen) atoms. The summed E-state index contributed by atoms with van der Waals surface area (Å²) in [6.45, 7) is 1.31. The number of likely N-dealkylation sites (tertiary alicyclic amines) is 1. The molecule has 2 aromatic rings. The molecule has 3 heterocycles. The third kappa shape index (κ3) is 3.99. The number of methoxy groups -OCH3 is 1. The quantitative estimate of drug-likeness (QED) is 0.877. The van der Waals surface area contributed by atoms with Crippen LogP contribution >= 0.6 is 0 Å². The first-order valence-electron chi connectivity index (χ1n) is 9.97. The summed E-state index contributed by atoms with van der Waals surface area (Å²) in [6.07, 6.45) is 8.21. The molecule has 2 aliphatic rings. The van der Waals surface area contributed by atoms with Crippen LogP contribution in [-0.2, 0) is 9.53 Å². The SMILES string of the molecule is CO[C@@H]1CCC[C@H](C(=O)N2CC[C@H](c3nc(-c4cccnc4)cc(=O)[nH]3)C2)C1. The highest BCUT2D eigenvalue weighted by atomic mass is 16.5. The van der Waals surface area contributed by atoms with E-state index in [1.807, 2.05) is 17.0 Å². The van der Waals surface area contributed by atoms with Gasteiger partial charge >= 0.3 is 0 Å². The largest absolute Gasteiger partial charge is 0.381 e. The van der Waals surface area contributed by atoms with E-state index < -0.39 is 0 Å². The minimum absolute atomic E-state index is 0.0474. The van der Waals surface area contributed by atoms with Crippen molar-refractivity contribution in [3.63, 3.8) is 0 Å². The number of ether oxygens (including phenoxy) is 1. The molecule has 1 aliphatic heterocycles. The van der Waals surface area contributed by atoms with E-state index in [1.54, 1.807) is 19.5 Å². The summed E-state index contributed by atoms with van der Waals surface area (Å²) in [4.78, 5) is 38.7. The van der Waals surface area contributed by atoms with Crippen molar-refractivity contribution in [1.29, 1.82) is 0 Å². The maximum atomic E-state index is 13.0. The summed E-state index contributed by atoms with van der Waals surface area (Å²) in [5, 5.41) is 0. The number of nitrogens with one attached hydrogen (secondary N) is 1. The number of carbonyl (C=O) groups excluding carboxylic acids is 1. The second-order valence-electron chi connectivity index (χ2n) is 7.75. The average Bonchev–Trinajstić information content (AvgIpc) is 3.24. The topological polar surface area (TPSA) is 88.2 Å². The lowest BCUT2D eigenvalue weighted by atomic mass is 9.86. The normalized spacial score (nSPS) is 25.0. The van der Waals surface area contributed by atoms with Gasteiger partial charge in [-0.3, -0.25) is 14.6 Å². The highest BCUT2D eigenvalue weighted by Gasteiger charge is 2.35. The second kappa shape index (κ2) is 8.22. The molecule has 0 spiro atoms. The van der Waals surface area contributed by atoms with Gasteiger partial charge in [0.05, 0.1) is 11.8 Å². The van der Waals surface area contributed by atoms with Crippen LogP contribution in [0.2, 0.25) is 0 Å². The smallest absolute Gasteiger partial charge is 0.251 e. The van der Waals surface area contributed by atoms with Crippen molar-refractivity contribution in [2.75, 3.05) is 20.2 Å². The molecule has 148 valence electrons. The molecule has 0 radical (unpaired) electrons. The van der Waals surface area contributed by atoms with Crippen molar-refractivity contribution in [1.82, 2.24) is 19.9 Å². The zero-order valence-electron chi connectivity index (χ0n) is 16.1. The fourth-order valence-corrected chi connectivity index (χ4v) is 4.36. The molecule has 4 rings (SSSR count). The number of aromatic nitrogens is 3. The number of carbonyl (C=O) groups is 1. The van der Waals surface area contributed by atoms with Crippen molar-refractivity contribution in [3.8, 4) is 11.3 Å². The molecule has 0 unspecified atom stereocenters. The van der Waals surface area contributed by atoms with E-state index in [4.69, 9.17) is 4.74 Å². The zero-order valence-corrected chi connectivity index (χ0v) is 16.1. The van der Waals surface area contributed by atoms with Crippen LogP contribution in [0.4, 0.5) is 0 Å². The Balaban J connectivity index is 1.48. The average molecular weight is 382 g/mol. The lowest BCUT2D eigenvalue weighted by Crippen LogP contribution is -2.38. The molecular weight excluding hydrogens is 356 g/mol. The fraction of sp³-hybridized carbons (Fsp3) is 0.524. The first-order chi connectivity index (χ1) is 13.6. The van der Waals surface area contributed by atoms with Gasteiger partial charge in [0.1, 0.15) is 5.82 Å². The number of hydrogen-bond donors (Lipinski definition) is 1. The minimum atomic E-state index is -0.177. The van der Waals surface area contributed by atoms with Crippen molar-refractivity contribution in [2.45, 2.75) is 44.1 Å². The van der Waals surface area contributed by atoms with Gasteiger partial charge in [0.15, 0.2) is 0 Å². The fourth-order valence-electron chi connectivity index (χ4n) is 4.36. The molecular formula is C21H26N4O3. The number of pyridine rings is 1. The van der Waals surface area contributed by atoms with E-state index in [-0.39, 0.29) is 29.4 Å². The third-order valence-electron chi connectivity index (χ3n) is 5.91. The van der Waals surface area contributed by atoms with E-state index in [1.165, 1.54) is 6.07 Å². The number of amides is 1. The summed E-state index contributed by atoms with van der Waals surface area (Å²) in [7, 11) is 1.72. The van der Waals surface area contributed by atoms with Crippen LogP contribution < -0.4 is 5.56 Å². The molecule has 1 saturated carbocycles. The Labute approximate surface area is 164 Å². The van der Waals surface area contributed by atoms with Gasteiger partial charge in [-0.1, -0.05) is 6.42 Å². The summed E-state index contributed by atoms with van der Waals surface area (Å²) >= 11 is 0. The maximum Gasteiger partial charge on any atom is 0.251 e. The van der Waals surface area contributed by atoms with E-state index in [0.717, 1.165) is 37.7 Å². The molecule has 0 aromatic carbocycles. The molecule has 1 N–H and O–H groups in total. The van der Waals surface area contributed by atoms with Crippen LogP contribution in [0.1, 0.15) is 43.8 Å². The third-order valence-corrected chi connectivity index (χ3v) is 5.91. The molecule has 2 aromatic heterocycles. The molecule has 2 fully saturated rings. The Kier molecular flexibility index (Phi) is 5.52. The van der Waals surface area contributed by atoms with Crippen LogP contribution in [0.15, 0.2) is 35.4 Å². The summed E-state index contributed by atoms with van der Waals surface area (Å²) in [6, 6.07) is 5.20. The second-order valence-corrected chi connectivity index (χ2v) is 7.75. The number of rotatable bonds is 4. The zero-order chi connectivity index (χ0) is 19.5. The molecule has 1 aliphatic carbocycles. The highest BCUT2D eigenvalue weighted by molar-refractivity contribution is 5.79.